The molecule has 5 rings (SSSR count). The molecule has 0 saturated carbocycles. The second-order valence-electron chi connectivity index (χ2n) is 9.79. The highest BCUT2D eigenvalue weighted by Gasteiger charge is 2.19. The van der Waals surface area contributed by atoms with Crippen LogP contribution in [0.2, 0.25) is 10.0 Å². The molecule has 1 heterocycles. The van der Waals surface area contributed by atoms with Gasteiger partial charge in [-0.15, -0.1) is 0 Å². The molecule has 0 saturated heterocycles. The molecule has 2 N–H and O–H groups in total. The largest absolute Gasteiger partial charge is 0.497 e. The Labute approximate surface area is 253 Å². The average molecular weight is 625 g/mol. The lowest BCUT2D eigenvalue weighted by Crippen LogP contribution is -2.28. The van der Waals surface area contributed by atoms with Crippen molar-refractivity contribution in [3.8, 4) is 28.3 Å². The van der Waals surface area contributed by atoms with Gasteiger partial charge in [-0.2, -0.15) is 13.5 Å². The Morgan fingerprint density at radius 1 is 0.929 bits per heavy atom. The van der Waals surface area contributed by atoms with Crippen LogP contribution in [0.5, 0.6) is 5.75 Å². The van der Waals surface area contributed by atoms with Crippen molar-refractivity contribution in [3.63, 3.8) is 0 Å². The minimum atomic E-state index is -4.16. The van der Waals surface area contributed by atoms with Crippen LogP contribution in [0.4, 0.5) is 0 Å². The van der Waals surface area contributed by atoms with Gasteiger partial charge in [-0.05, 0) is 77.9 Å². The zero-order chi connectivity index (χ0) is 30.0. The zero-order valence-electron chi connectivity index (χ0n) is 22.7. The van der Waals surface area contributed by atoms with Crippen molar-refractivity contribution in [2.75, 3.05) is 19.4 Å². The summed E-state index contributed by atoms with van der Waals surface area (Å²) in [6.07, 6.45) is 0. The average Bonchev–Trinajstić information content (AvgIpc) is 3.41. The number of aromatic nitrogens is 2. The van der Waals surface area contributed by atoms with Crippen molar-refractivity contribution in [1.29, 1.82) is 0 Å². The lowest BCUT2D eigenvalue weighted by atomic mass is 10.0. The number of halogens is 2. The molecule has 216 valence electrons. The van der Waals surface area contributed by atoms with E-state index in [9.17, 15) is 13.2 Å². The molecule has 1 amide bonds. The molecule has 0 aliphatic carbocycles. The lowest BCUT2D eigenvalue weighted by molar-refractivity contribution is 0.0956. The number of hydrogen-bond donors (Lipinski definition) is 2. The first kappa shape index (κ1) is 29.6. The predicted molar refractivity (Wildman–Crippen MR) is 166 cm³/mol. The van der Waals surface area contributed by atoms with Crippen LogP contribution in [0.3, 0.4) is 0 Å². The third kappa shape index (κ3) is 6.77. The van der Waals surface area contributed by atoms with Crippen molar-refractivity contribution in [2.24, 2.45) is 0 Å². The molecule has 0 aliphatic rings. The van der Waals surface area contributed by atoms with Crippen LogP contribution >= 0.6 is 23.2 Å². The first-order valence-corrected chi connectivity index (χ1v) is 15.3. The highest BCUT2D eigenvalue weighted by Crippen LogP contribution is 2.35. The molecule has 0 spiro atoms. The van der Waals surface area contributed by atoms with Gasteiger partial charge in [-0.1, -0.05) is 53.5 Å². The van der Waals surface area contributed by atoms with Gasteiger partial charge in [0.15, 0.2) is 0 Å². The summed E-state index contributed by atoms with van der Waals surface area (Å²) in [5.74, 6) is -0.214. The number of benzene rings is 4. The summed E-state index contributed by atoms with van der Waals surface area (Å²) < 4.78 is 38.0. The van der Waals surface area contributed by atoms with Gasteiger partial charge in [0.2, 0.25) is 0 Å². The molecule has 42 heavy (non-hydrogen) atoms. The molecular formula is C31H27Cl2N3O5S. The number of methoxy groups -OCH3 is 1. The second-order valence-corrected chi connectivity index (χ2v) is 12.2. The van der Waals surface area contributed by atoms with Crippen LogP contribution < -0.4 is 10.1 Å². The van der Waals surface area contributed by atoms with Crippen LogP contribution in [0.25, 0.3) is 33.3 Å². The van der Waals surface area contributed by atoms with E-state index in [0.29, 0.717) is 21.3 Å². The molecular weight excluding hydrogens is 597 g/mol. The van der Waals surface area contributed by atoms with Gasteiger partial charge < -0.3 is 10.1 Å². The van der Waals surface area contributed by atoms with Crippen LogP contribution in [-0.4, -0.2) is 48.1 Å². The van der Waals surface area contributed by atoms with Crippen molar-refractivity contribution in [2.45, 2.75) is 13.0 Å². The molecule has 0 fully saturated rings. The van der Waals surface area contributed by atoms with E-state index < -0.39 is 21.8 Å². The van der Waals surface area contributed by atoms with Crippen LogP contribution in [0.1, 0.15) is 28.9 Å². The minimum Gasteiger partial charge on any atom is -0.497 e. The Kier molecular flexibility index (Phi) is 8.56. The molecule has 1 aromatic heterocycles. The summed E-state index contributed by atoms with van der Waals surface area (Å²) in [6.45, 7) is 1.82. The van der Waals surface area contributed by atoms with Crippen molar-refractivity contribution in [3.05, 3.63) is 106 Å². The van der Waals surface area contributed by atoms with E-state index in [1.54, 1.807) is 25.3 Å². The third-order valence-electron chi connectivity index (χ3n) is 6.90. The summed E-state index contributed by atoms with van der Waals surface area (Å²) in [5.41, 5.74) is 4.57. The molecule has 0 aliphatic heterocycles. The lowest BCUT2D eigenvalue weighted by Gasteiger charge is -2.17. The standard InChI is InChI=1S/C31H27Cl2N3O5S/c1-19(20-3-5-21(6-4-20)31(37)34-11-12-42(38,39)40)36-30(18-29(35-36)25-14-26(32)17-27(33)15-25)24-8-7-23-16-28(41-2)10-9-22(23)13-24/h3-10,13-19H,11-12H2,1-2H3,(H,34,37)(H,38,39,40). The first-order valence-electron chi connectivity index (χ1n) is 13.0. The van der Waals surface area contributed by atoms with E-state index in [1.807, 2.05) is 72.3 Å². The van der Waals surface area contributed by atoms with E-state index in [1.165, 1.54) is 0 Å². The first-order chi connectivity index (χ1) is 20.0. The summed E-state index contributed by atoms with van der Waals surface area (Å²) in [4.78, 5) is 12.4. The Balaban J connectivity index is 1.51. The van der Waals surface area contributed by atoms with Gasteiger partial charge in [0.1, 0.15) is 5.75 Å². The molecule has 0 radical (unpaired) electrons. The van der Waals surface area contributed by atoms with Crippen LogP contribution in [0.15, 0.2) is 84.9 Å². The maximum absolute atomic E-state index is 12.4. The van der Waals surface area contributed by atoms with Gasteiger partial charge in [-0.3, -0.25) is 14.0 Å². The Morgan fingerprint density at radius 3 is 2.26 bits per heavy atom. The number of nitrogens with zero attached hydrogens (tertiary/aromatic N) is 2. The Bertz CT molecular complexity index is 1870. The van der Waals surface area contributed by atoms with E-state index in [4.69, 9.17) is 37.6 Å². The van der Waals surface area contributed by atoms with Gasteiger partial charge in [0.25, 0.3) is 16.0 Å². The van der Waals surface area contributed by atoms with Crippen molar-refractivity contribution < 1.29 is 22.5 Å². The number of nitrogens with one attached hydrogen (secondary N) is 1. The van der Waals surface area contributed by atoms with E-state index in [-0.39, 0.29) is 12.6 Å². The number of fused-ring (bicyclic) bond motifs is 1. The topological polar surface area (TPSA) is 111 Å². The second kappa shape index (κ2) is 12.1. The maximum Gasteiger partial charge on any atom is 0.266 e. The molecule has 4 aromatic carbocycles. The van der Waals surface area contributed by atoms with Crippen molar-refractivity contribution >= 4 is 50.0 Å². The molecule has 8 nitrogen and oxygen atoms in total. The fourth-order valence-electron chi connectivity index (χ4n) is 4.71. The normalized spacial score (nSPS) is 12.3. The highest BCUT2D eigenvalue weighted by molar-refractivity contribution is 7.85. The SMILES string of the molecule is COc1ccc2cc(-c3cc(-c4cc(Cl)cc(Cl)c4)nn3C(C)c3ccc(C(=O)NCCS(=O)(=O)O)cc3)ccc2c1. The smallest absolute Gasteiger partial charge is 0.266 e. The van der Waals surface area contributed by atoms with Gasteiger partial charge in [-0.25, -0.2) is 0 Å². The number of carbonyl (C=O) groups excluding carboxylic acids is 1. The summed E-state index contributed by atoms with van der Waals surface area (Å²) >= 11 is 12.6. The predicted octanol–water partition coefficient (Wildman–Crippen LogP) is 6.91. The monoisotopic (exact) mass is 623 g/mol. The third-order valence-corrected chi connectivity index (χ3v) is 8.06. The number of carbonyl (C=O) groups is 1. The summed E-state index contributed by atoms with van der Waals surface area (Å²) in [6, 6.07) is 26.2. The van der Waals surface area contributed by atoms with Gasteiger partial charge >= 0.3 is 0 Å². The molecule has 1 unspecified atom stereocenters. The van der Waals surface area contributed by atoms with E-state index in [2.05, 4.69) is 11.4 Å². The molecule has 0 bridgehead atoms. The zero-order valence-corrected chi connectivity index (χ0v) is 25.0. The van der Waals surface area contributed by atoms with E-state index in [0.717, 1.165) is 38.9 Å². The van der Waals surface area contributed by atoms with E-state index >= 15 is 0 Å². The fraction of sp³-hybridized carbons (Fsp3) is 0.161. The Morgan fingerprint density at radius 2 is 1.60 bits per heavy atom. The summed E-state index contributed by atoms with van der Waals surface area (Å²) in [7, 11) is -2.52. The highest BCUT2D eigenvalue weighted by atomic mass is 35.5. The molecule has 11 heteroatoms. The maximum atomic E-state index is 12.4. The van der Waals surface area contributed by atoms with Gasteiger partial charge in [0.05, 0.1) is 30.3 Å². The number of hydrogen-bond acceptors (Lipinski definition) is 5. The van der Waals surface area contributed by atoms with Gasteiger partial charge in [0, 0.05) is 33.3 Å². The molecule has 5 aromatic rings. The number of ether oxygens (including phenoxy) is 1. The number of rotatable bonds is 9. The summed E-state index contributed by atoms with van der Waals surface area (Å²) in [5, 5.41) is 10.6. The fourth-order valence-corrected chi connectivity index (χ4v) is 5.59. The Hall–Kier alpha value is -3.89. The van der Waals surface area contributed by atoms with Crippen LogP contribution in [0, 0.1) is 0 Å². The van der Waals surface area contributed by atoms with Crippen molar-refractivity contribution in [1.82, 2.24) is 15.1 Å². The number of amides is 1. The quantitative estimate of drug-likeness (QED) is 0.173. The van der Waals surface area contributed by atoms with Crippen LogP contribution in [-0.2, 0) is 10.1 Å². The molecule has 1 atom stereocenters. The minimum absolute atomic E-state index is 0.193.